The van der Waals surface area contributed by atoms with Gasteiger partial charge in [-0.15, -0.1) is 0 Å². The van der Waals surface area contributed by atoms with E-state index in [1.807, 2.05) is 6.08 Å². The van der Waals surface area contributed by atoms with Gasteiger partial charge in [0.05, 0.1) is 5.25 Å². The van der Waals surface area contributed by atoms with Crippen LogP contribution in [0.2, 0.25) is 0 Å². The van der Waals surface area contributed by atoms with Gasteiger partial charge in [0.1, 0.15) is 5.60 Å². The number of ketones is 1. The Kier molecular flexibility index (Phi) is 3.52. The lowest BCUT2D eigenvalue weighted by Crippen LogP contribution is -2.60. The summed E-state index contributed by atoms with van der Waals surface area (Å²) in [5.41, 5.74) is 0.195. The molecule has 0 aromatic carbocycles. The van der Waals surface area contributed by atoms with Crippen LogP contribution in [0.4, 0.5) is 0 Å². The second kappa shape index (κ2) is 5.48. The lowest BCUT2D eigenvalue weighted by molar-refractivity contribution is -0.174. The number of fused-ring (bicyclic) bond motifs is 9. The molecule has 6 rings (SSSR count). The summed E-state index contributed by atoms with van der Waals surface area (Å²) in [5.74, 6) is 1.25. The minimum Gasteiger partial charge on any atom is -0.458 e. The van der Waals surface area contributed by atoms with Gasteiger partial charge in [0.15, 0.2) is 15.6 Å². The largest absolute Gasteiger partial charge is 0.458 e. The molecule has 162 valence electrons. The van der Waals surface area contributed by atoms with E-state index in [1.54, 1.807) is 12.2 Å². The molecule has 5 fully saturated rings. The van der Waals surface area contributed by atoms with Crippen molar-refractivity contribution in [2.45, 2.75) is 63.2 Å². The molecule has 0 aromatic rings. The molecule has 1 aliphatic heterocycles. The predicted molar refractivity (Wildman–Crippen MR) is 111 cm³/mol. The van der Waals surface area contributed by atoms with Crippen LogP contribution in [0.1, 0.15) is 52.4 Å². The highest BCUT2D eigenvalue weighted by Gasteiger charge is 2.80. The van der Waals surface area contributed by atoms with Crippen LogP contribution in [-0.2, 0) is 24.2 Å². The fraction of sp³-hybridized carbons (Fsp3) is 0.750. The number of allylic oxidation sites excluding steroid dienone is 4. The minimum absolute atomic E-state index is 0.0335. The van der Waals surface area contributed by atoms with E-state index < -0.39 is 15.1 Å². The Morgan fingerprint density at radius 2 is 1.90 bits per heavy atom. The molecular weight excluding hydrogens is 400 g/mol. The summed E-state index contributed by atoms with van der Waals surface area (Å²) in [6.45, 7) is 4.48. The first kappa shape index (κ1) is 19.3. The highest BCUT2D eigenvalue weighted by Crippen LogP contribution is 2.79. The van der Waals surface area contributed by atoms with Crippen LogP contribution in [-0.4, -0.2) is 37.3 Å². The normalized spacial score (nSPS) is 53.5. The fourth-order valence-corrected chi connectivity index (χ4v) is 10.3. The van der Waals surface area contributed by atoms with Crippen LogP contribution >= 0.6 is 0 Å². The molecule has 1 heterocycles. The topological polar surface area (TPSA) is 77.5 Å². The van der Waals surface area contributed by atoms with Crippen LogP contribution < -0.4 is 0 Å². The third-order valence-electron chi connectivity index (χ3n) is 10.2. The van der Waals surface area contributed by atoms with Crippen LogP contribution in [0, 0.1) is 40.4 Å². The molecule has 1 saturated heterocycles. The quantitative estimate of drug-likeness (QED) is 0.597. The number of carbonyl (C=O) groups is 2. The smallest absolute Gasteiger partial charge is 0.306 e. The fourth-order valence-electron chi connectivity index (χ4n) is 8.93. The van der Waals surface area contributed by atoms with Gasteiger partial charge in [0, 0.05) is 29.4 Å². The summed E-state index contributed by atoms with van der Waals surface area (Å²) < 4.78 is 32.3. The van der Waals surface area contributed by atoms with Gasteiger partial charge in [-0.2, -0.15) is 0 Å². The number of hydrogen-bond acceptors (Lipinski definition) is 5. The zero-order valence-electron chi connectivity index (χ0n) is 17.9. The summed E-state index contributed by atoms with van der Waals surface area (Å²) in [7, 11) is -3.29. The van der Waals surface area contributed by atoms with Gasteiger partial charge in [0.25, 0.3) is 0 Å². The molecule has 4 saturated carbocycles. The summed E-state index contributed by atoms with van der Waals surface area (Å²) in [5, 5.41) is -0.459. The first-order valence-corrected chi connectivity index (χ1v) is 13.3. The molecule has 1 spiro atoms. The second-order valence-corrected chi connectivity index (χ2v) is 13.6. The maximum atomic E-state index is 13.1. The van der Waals surface area contributed by atoms with Gasteiger partial charge < -0.3 is 4.74 Å². The average Bonchev–Trinajstić information content (AvgIpc) is 3.29. The molecular formula is C24H30O5S. The summed E-state index contributed by atoms with van der Waals surface area (Å²) in [6, 6.07) is 0. The Morgan fingerprint density at radius 1 is 1.13 bits per heavy atom. The Morgan fingerprint density at radius 3 is 2.57 bits per heavy atom. The molecule has 0 N–H and O–H groups in total. The van der Waals surface area contributed by atoms with E-state index in [0.29, 0.717) is 24.7 Å². The number of sulfone groups is 1. The Hall–Kier alpha value is -1.43. The highest BCUT2D eigenvalue weighted by molar-refractivity contribution is 7.91. The standard InChI is InChI=1S/C24H30O5S/c1-22-7-4-14(25)10-13(22)11-18(30(3,27)28)20-16(22)5-8-23(2)21(20)15-12-17(15)24(23)9-6-19(26)29-24/h4,7,10,15-18,20-21H,5-6,8-9,11-12H2,1-3H3/t15-,16+,17+,18-,20+,21+,22+,23+,24+/m1/s1. The van der Waals surface area contributed by atoms with Crippen molar-refractivity contribution in [2.24, 2.45) is 40.4 Å². The summed E-state index contributed by atoms with van der Waals surface area (Å²) in [4.78, 5) is 24.3. The first-order valence-electron chi connectivity index (χ1n) is 11.4. The third kappa shape index (κ3) is 2.12. The predicted octanol–water partition coefficient (Wildman–Crippen LogP) is 3.25. The molecule has 0 radical (unpaired) electrons. The van der Waals surface area contributed by atoms with Crippen molar-refractivity contribution in [3.63, 3.8) is 0 Å². The number of carbonyl (C=O) groups excluding carboxylic acids is 2. The summed E-state index contributed by atoms with van der Waals surface area (Å²) in [6.07, 6.45) is 11.4. The number of esters is 1. The second-order valence-electron chi connectivity index (χ2n) is 11.3. The highest BCUT2D eigenvalue weighted by atomic mass is 32.2. The number of rotatable bonds is 1. The Bertz CT molecular complexity index is 1040. The van der Waals surface area contributed by atoms with E-state index in [4.69, 9.17) is 4.74 Å². The van der Waals surface area contributed by atoms with Crippen molar-refractivity contribution in [3.05, 3.63) is 23.8 Å². The van der Waals surface area contributed by atoms with Crippen molar-refractivity contribution in [2.75, 3.05) is 6.26 Å². The van der Waals surface area contributed by atoms with E-state index in [2.05, 4.69) is 13.8 Å². The molecule has 0 unspecified atom stereocenters. The third-order valence-corrected chi connectivity index (χ3v) is 11.8. The first-order chi connectivity index (χ1) is 14.0. The molecule has 5 aliphatic carbocycles. The van der Waals surface area contributed by atoms with Gasteiger partial charge >= 0.3 is 5.97 Å². The van der Waals surface area contributed by atoms with Crippen molar-refractivity contribution >= 4 is 21.6 Å². The summed E-state index contributed by atoms with van der Waals surface area (Å²) >= 11 is 0. The zero-order chi connectivity index (χ0) is 21.3. The van der Waals surface area contributed by atoms with Crippen LogP contribution in [0.3, 0.4) is 0 Å². The van der Waals surface area contributed by atoms with Crippen LogP contribution in [0.25, 0.3) is 0 Å². The average molecular weight is 431 g/mol. The maximum absolute atomic E-state index is 13.1. The monoisotopic (exact) mass is 430 g/mol. The molecule has 30 heavy (non-hydrogen) atoms. The van der Waals surface area contributed by atoms with E-state index in [-0.39, 0.29) is 45.9 Å². The molecule has 5 nitrogen and oxygen atoms in total. The lowest BCUT2D eigenvalue weighted by atomic mass is 9.46. The Labute approximate surface area is 178 Å². The van der Waals surface area contributed by atoms with Gasteiger partial charge in [-0.3, -0.25) is 9.59 Å². The van der Waals surface area contributed by atoms with E-state index in [9.17, 15) is 18.0 Å². The van der Waals surface area contributed by atoms with Gasteiger partial charge in [0.2, 0.25) is 0 Å². The van der Waals surface area contributed by atoms with Gasteiger partial charge in [-0.1, -0.05) is 25.5 Å². The molecule has 0 aromatic heterocycles. The number of ether oxygens (including phenoxy) is 1. The SMILES string of the molecule is C[C@]12C=CC(=O)C=C1C[C@@H](S(C)(=O)=O)[C@H]1[C@@H]3[C@@H]4C[C@@H]4[C@@]4(CCC(=O)O4)[C@@]3(C)CC[C@@H]12. The van der Waals surface area contributed by atoms with E-state index in [0.717, 1.165) is 31.3 Å². The van der Waals surface area contributed by atoms with Crippen molar-refractivity contribution < 1.29 is 22.7 Å². The molecule has 9 atom stereocenters. The minimum atomic E-state index is -3.29. The lowest BCUT2D eigenvalue weighted by Gasteiger charge is -2.61. The van der Waals surface area contributed by atoms with Crippen LogP contribution in [0.15, 0.2) is 23.8 Å². The molecule has 6 aliphatic rings. The maximum Gasteiger partial charge on any atom is 0.306 e. The van der Waals surface area contributed by atoms with Crippen molar-refractivity contribution in [3.8, 4) is 0 Å². The number of hydrogen-bond donors (Lipinski definition) is 0. The van der Waals surface area contributed by atoms with E-state index >= 15 is 0 Å². The van der Waals surface area contributed by atoms with Crippen LogP contribution in [0.5, 0.6) is 0 Å². The van der Waals surface area contributed by atoms with Gasteiger partial charge in [-0.25, -0.2) is 8.42 Å². The van der Waals surface area contributed by atoms with Crippen molar-refractivity contribution in [1.29, 1.82) is 0 Å². The van der Waals surface area contributed by atoms with Gasteiger partial charge in [-0.05, 0) is 67.9 Å². The molecule has 6 heteroatoms. The Balaban J connectivity index is 1.50. The van der Waals surface area contributed by atoms with Crippen molar-refractivity contribution in [1.82, 2.24) is 0 Å². The van der Waals surface area contributed by atoms with E-state index in [1.165, 1.54) is 6.26 Å². The molecule has 0 amide bonds. The molecule has 0 bridgehead atoms. The zero-order valence-corrected chi connectivity index (χ0v) is 18.7.